The molecule has 2 aromatic carbocycles. The van der Waals surface area contributed by atoms with Gasteiger partial charge in [0.25, 0.3) is 5.91 Å². The summed E-state index contributed by atoms with van der Waals surface area (Å²) in [7, 11) is -3.88. The first-order chi connectivity index (χ1) is 23.8. The summed E-state index contributed by atoms with van der Waals surface area (Å²) < 4.78 is 47.6. The number of nitriles is 1. The number of fused-ring (bicyclic) bond motifs is 1. The van der Waals surface area contributed by atoms with Crippen LogP contribution in [-0.4, -0.2) is 77.6 Å². The molecule has 266 valence electrons. The Morgan fingerprint density at radius 2 is 1.86 bits per heavy atom. The van der Waals surface area contributed by atoms with Gasteiger partial charge < -0.3 is 20.3 Å². The molecule has 5 atom stereocenters. The Kier molecular flexibility index (Phi) is 9.51. The number of ether oxygens (including phenoxy) is 1. The first-order valence-corrected chi connectivity index (χ1v) is 18.5. The number of hydrogen-bond donors (Lipinski definition) is 3. The molecule has 0 unspecified atom stereocenters. The van der Waals surface area contributed by atoms with E-state index in [4.69, 9.17) is 4.74 Å². The summed E-state index contributed by atoms with van der Waals surface area (Å²) in [5.74, 6) is -2.95. The molecule has 2 aliphatic heterocycles. The van der Waals surface area contributed by atoms with Gasteiger partial charge in [0, 0.05) is 24.2 Å². The number of likely N-dealkylation sites (tertiary alicyclic amines) is 1. The zero-order valence-corrected chi connectivity index (χ0v) is 29.0. The molecule has 0 radical (unpaired) electrons. The lowest BCUT2D eigenvalue weighted by Gasteiger charge is -2.31. The number of amides is 4. The van der Waals surface area contributed by atoms with Gasteiger partial charge in [0.05, 0.1) is 30.0 Å². The van der Waals surface area contributed by atoms with Gasteiger partial charge in [-0.1, -0.05) is 45.4 Å². The molecule has 4 amide bonds. The van der Waals surface area contributed by atoms with Crippen LogP contribution in [0.15, 0.2) is 42.5 Å². The first-order valence-electron chi connectivity index (χ1n) is 16.9. The fourth-order valence-electron chi connectivity index (χ4n) is 6.95. The van der Waals surface area contributed by atoms with Crippen molar-refractivity contribution in [2.45, 2.75) is 94.9 Å². The number of rotatable bonds is 11. The predicted octanol–water partition coefficient (Wildman–Crippen LogP) is 3.15. The lowest BCUT2D eigenvalue weighted by molar-refractivity contribution is -0.140. The van der Waals surface area contributed by atoms with Gasteiger partial charge in [0.1, 0.15) is 29.5 Å². The number of carbonyl (C=O) groups excluding carboxylic acids is 4. The summed E-state index contributed by atoms with van der Waals surface area (Å²) >= 11 is 0. The normalized spacial score (nSPS) is 24.6. The highest BCUT2D eigenvalue weighted by Gasteiger charge is 2.62. The Morgan fingerprint density at radius 1 is 1.12 bits per heavy atom. The van der Waals surface area contributed by atoms with E-state index in [1.54, 1.807) is 36.4 Å². The summed E-state index contributed by atoms with van der Waals surface area (Å²) in [6.07, 6.45) is -0.0530. The molecule has 1 saturated heterocycles. The molecule has 3 fully saturated rings. The molecule has 3 N–H and O–H groups in total. The fraction of sp³-hybridized carbons (Fsp3) is 0.514. The largest absolute Gasteiger partial charge is 0.444 e. The molecule has 0 aromatic heterocycles. The maximum absolute atomic E-state index is 14.4. The number of carbonyl (C=O) groups is 4. The van der Waals surface area contributed by atoms with E-state index in [-0.39, 0.29) is 44.3 Å². The third-order valence-corrected chi connectivity index (χ3v) is 11.9. The highest BCUT2D eigenvalue weighted by molar-refractivity contribution is 7.91. The van der Waals surface area contributed by atoms with Crippen LogP contribution in [0.5, 0.6) is 0 Å². The molecule has 13 nitrogen and oxygen atoms in total. The minimum Gasteiger partial charge on any atom is -0.444 e. The van der Waals surface area contributed by atoms with Gasteiger partial charge >= 0.3 is 6.09 Å². The molecule has 2 heterocycles. The van der Waals surface area contributed by atoms with Gasteiger partial charge in [-0.25, -0.2) is 17.6 Å². The lowest BCUT2D eigenvalue weighted by atomic mass is 10.0. The van der Waals surface area contributed by atoms with Crippen molar-refractivity contribution in [1.82, 2.24) is 19.8 Å². The number of nitrogens with zero attached hydrogens (tertiary/aromatic N) is 3. The van der Waals surface area contributed by atoms with Crippen molar-refractivity contribution in [2.75, 3.05) is 11.9 Å². The van der Waals surface area contributed by atoms with Crippen molar-refractivity contribution < 1.29 is 36.7 Å². The first kappa shape index (κ1) is 35.1. The maximum Gasteiger partial charge on any atom is 0.410 e. The number of sulfonamides is 1. The van der Waals surface area contributed by atoms with Crippen LogP contribution in [0.3, 0.4) is 0 Å². The molecule has 0 spiro atoms. The van der Waals surface area contributed by atoms with Crippen molar-refractivity contribution in [3.63, 3.8) is 0 Å². The third-order valence-electron chi connectivity index (χ3n) is 10.1. The predicted molar refractivity (Wildman–Crippen MR) is 179 cm³/mol. The Bertz CT molecular complexity index is 1860. The maximum atomic E-state index is 14.4. The van der Waals surface area contributed by atoms with Crippen molar-refractivity contribution in [3.8, 4) is 6.07 Å². The van der Waals surface area contributed by atoms with Gasteiger partial charge in [-0.2, -0.15) is 5.26 Å². The summed E-state index contributed by atoms with van der Waals surface area (Å²) in [5, 5.41) is 14.7. The second kappa shape index (κ2) is 13.5. The quantitative estimate of drug-likeness (QED) is 0.316. The monoisotopic (exact) mass is 708 g/mol. The average Bonchev–Trinajstić information content (AvgIpc) is 3.97. The standard InChI is InChI=1S/C35H41FN6O7S/c1-4-23-15-35(23,33(45)40-50(47,48)26-11-12-26)39-31(43)29-14-25(49-34(46)41-17-22-8-6-10-28(36)27(22)19-41)18-42(29)32(44)30(20(2)3)38-24-9-5-7-21(13-24)16-37/h5-10,13,20,23,25-26,29-30,38H,4,11-12,14-15,17-19H2,1-3H3,(H,39,43)(H,40,45)/t23-,25-,29+,30+,35-/m1/s1. The molecule has 2 saturated carbocycles. The number of hydrogen-bond acceptors (Lipinski definition) is 9. The van der Waals surface area contributed by atoms with Crippen LogP contribution in [0.4, 0.5) is 14.9 Å². The molecule has 6 rings (SSSR count). The molecule has 2 aliphatic carbocycles. The van der Waals surface area contributed by atoms with E-state index in [9.17, 15) is 37.2 Å². The molecular formula is C35H41FN6O7S. The second-order valence-corrected chi connectivity index (χ2v) is 15.9. The Labute approximate surface area is 290 Å². The second-order valence-electron chi connectivity index (χ2n) is 14.0. The van der Waals surface area contributed by atoms with Gasteiger partial charge in [0.15, 0.2) is 0 Å². The van der Waals surface area contributed by atoms with E-state index >= 15 is 0 Å². The van der Waals surface area contributed by atoms with Crippen molar-refractivity contribution in [2.24, 2.45) is 11.8 Å². The van der Waals surface area contributed by atoms with E-state index < -0.39 is 68.6 Å². The fourth-order valence-corrected chi connectivity index (χ4v) is 8.31. The molecule has 15 heteroatoms. The third kappa shape index (κ3) is 6.98. The van der Waals surface area contributed by atoms with Crippen molar-refractivity contribution >= 4 is 39.5 Å². The number of nitrogens with one attached hydrogen (secondary N) is 3. The highest BCUT2D eigenvalue weighted by atomic mass is 32.2. The molecule has 4 aliphatic rings. The highest BCUT2D eigenvalue weighted by Crippen LogP contribution is 2.47. The molecular weight excluding hydrogens is 667 g/mol. The van der Waals surface area contributed by atoms with Crippen LogP contribution in [-0.2, 0) is 42.2 Å². The minimum absolute atomic E-state index is 0.0149. The van der Waals surface area contributed by atoms with E-state index in [2.05, 4.69) is 21.4 Å². The van der Waals surface area contributed by atoms with Crippen molar-refractivity contribution in [1.29, 1.82) is 5.26 Å². The van der Waals surface area contributed by atoms with E-state index in [1.807, 2.05) is 20.8 Å². The molecule has 2 aromatic rings. The molecule has 0 bridgehead atoms. The smallest absolute Gasteiger partial charge is 0.410 e. The molecule has 50 heavy (non-hydrogen) atoms. The van der Waals surface area contributed by atoms with E-state index in [0.29, 0.717) is 41.6 Å². The average molecular weight is 709 g/mol. The van der Waals surface area contributed by atoms with Gasteiger partial charge in [-0.05, 0) is 60.9 Å². The van der Waals surface area contributed by atoms with Gasteiger partial charge in [-0.3, -0.25) is 24.0 Å². The van der Waals surface area contributed by atoms with Crippen LogP contribution in [0, 0.1) is 29.0 Å². The summed E-state index contributed by atoms with van der Waals surface area (Å²) in [5.41, 5.74) is 0.517. The van der Waals surface area contributed by atoms with E-state index in [1.165, 1.54) is 15.9 Å². The number of halogens is 1. The number of benzene rings is 2. The Hall–Kier alpha value is -4.71. The zero-order valence-electron chi connectivity index (χ0n) is 28.1. The van der Waals surface area contributed by atoms with Gasteiger partial charge in [0.2, 0.25) is 21.8 Å². The Balaban J connectivity index is 1.23. The summed E-state index contributed by atoms with van der Waals surface area (Å²) in [6.45, 7) is 5.52. The van der Waals surface area contributed by atoms with Crippen LogP contribution in [0.1, 0.15) is 69.6 Å². The van der Waals surface area contributed by atoms with Crippen LogP contribution in [0.25, 0.3) is 0 Å². The van der Waals surface area contributed by atoms with Crippen LogP contribution in [0.2, 0.25) is 0 Å². The zero-order chi connectivity index (χ0) is 36.0. The SMILES string of the molecule is CC[C@@H]1C[C@]1(NC(=O)[C@@H]1C[C@@H](OC(=O)N2Cc3cccc(F)c3C2)CN1C(=O)[C@@H](Nc1cccc(C#N)c1)C(C)C)C(=O)NS(=O)(=O)C1CC1. The van der Waals surface area contributed by atoms with Crippen LogP contribution < -0.4 is 15.4 Å². The lowest BCUT2D eigenvalue weighted by Crippen LogP contribution is -2.58. The van der Waals surface area contributed by atoms with E-state index in [0.717, 1.165) is 0 Å². The van der Waals surface area contributed by atoms with Crippen LogP contribution >= 0.6 is 0 Å². The Morgan fingerprint density at radius 3 is 2.50 bits per heavy atom. The minimum atomic E-state index is -3.88. The number of anilines is 1. The summed E-state index contributed by atoms with van der Waals surface area (Å²) in [4.78, 5) is 57.8. The topological polar surface area (TPSA) is 178 Å². The van der Waals surface area contributed by atoms with Crippen molar-refractivity contribution in [3.05, 3.63) is 65.0 Å². The summed E-state index contributed by atoms with van der Waals surface area (Å²) in [6, 6.07) is 11.3. The van der Waals surface area contributed by atoms with Gasteiger partial charge in [-0.15, -0.1) is 0 Å².